The Morgan fingerprint density at radius 1 is 1.14 bits per heavy atom. The Morgan fingerprint density at radius 2 is 2.00 bits per heavy atom. The first kappa shape index (κ1) is 25.4. The molecule has 3 aliphatic rings. The predicted octanol–water partition coefficient (Wildman–Crippen LogP) is 7.32. The van der Waals surface area contributed by atoms with Crippen LogP contribution in [0.1, 0.15) is 56.9 Å². The highest BCUT2D eigenvalue weighted by Gasteiger charge is 2.32. The highest BCUT2D eigenvalue weighted by atomic mass is 14.9. The maximum atomic E-state index is 6.15. The van der Waals surface area contributed by atoms with Crippen molar-refractivity contribution in [2.24, 2.45) is 17.6 Å². The molecule has 2 heteroatoms. The lowest BCUT2D eigenvalue weighted by atomic mass is 9.68. The summed E-state index contributed by atoms with van der Waals surface area (Å²) in [4.78, 5) is 0. The molecular formula is C33H42N2. The van der Waals surface area contributed by atoms with Crippen LogP contribution in [0.3, 0.4) is 0 Å². The number of hydrogen-bond acceptors (Lipinski definition) is 2. The van der Waals surface area contributed by atoms with Gasteiger partial charge in [-0.1, -0.05) is 104 Å². The van der Waals surface area contributed by atoms with Crippen molar-refractivity contribution < 1.29 is 0 Å². The molecule has 0 heterocycles. The van der Waals surface area contributed by atoms with Crippen molar-refractivity contribution in [3.63, 3.8) is 0 Å². The third-order valence-corrected chi connectivity index (χ3v) is 7.89. The van der Waals surface area contributed by atoms with Crippen LogP contribution in [0.25, 0.3) is 0 Å². The van der Waals surface area contributed by atoms with Crippen molar-refractivity contribution >= 4 is 0 Å². The molecule has 0 aromatic heterocycles. The lowest BCUT2D eigenvalue weighted by molar-refractivity contribution is 0.466. The summed E-state index contributed by atoms with van der Waals surface area (Å²) in [5, 5.41) is 3.75. The van der Waals surface area contributed by atoms with Gasteiger partial charge in [0.15, 0.2) is 0 Å². The molecule has 35 heavy (non-hydrogen) atoms. The average molecular weight is 467 g/mol. The van der Waals surface area contributed by atoms with E-state index in [-0.39, 0.29) is 0 Å². The Kier molecular flexibility index (Phi) is 9.34. The normalized spacial score (nSPS) is 25.5. The Morgan fingerprint density at radius 3 is 2.74 bits per heavy atom. The van der Waals surface area contributed by atoms with E-state index >= 15 is 0 Å². The van der Waals surface area contributed by atoms with Gasteiger partial charge >= 0.3 is 0 Å². The minimum absolute atomic E-state index is 0.463. The molecule has 4 rings (SSSR count). The summed E-state index contributed by atoms with van der Waals surface area (Å²) in [7, 11) is 0. The third-order valence-electron chi connectivity index (χ3n) is 7.89. The first-order valence-corrected chi connectivity index (χ1v) is 13.4. The molecule has 0 saturated carbocycles. The van der Waals surface area contributed by atoms with E-state index in [0.29, 0.717) is 30.3 Å². The van der Waals surface area contributed by atoms with Crippen LogP contribution < -0.4 is 11.1 Å². The van der Waals surface area contributed by atoms with E-state index in [1.54, 1.807) is 11.1 Å². The fraction of sp³-hybridized carbons (Fsp3) is 0.394. The van der Waals surface area contributed by atoms with Crippen LogP contribution in [0, 0.1) is 11.8 Å². The molecule has 0 saturated heterocycles. The largest absolute Gasteiger partial charge is 0.326 e. The van der Waals surface area contributed by atoms with Crippen LogP contribution in [-0.2, 0) is 0 Å². The van der Waals surface area contributed by atoms with Gasteiger partial charge in [0, 0.05) is 25.0 Å². The zero-order valence-corrected chi connectivity index (χ0v) is 21.3. The summed E-state index contributed by atoms with van der Waals surface area (Å²) in [5.74, 6) is 1.56. The molecule has 3 aliphatic carbocycles. The minimum Gasteiger partial charge on any atom is -0.326 e. The van der Waals surface area contributed by atoms with Gasteiger partial charge in [0.25, 0.3) is 0 Å². The maximum Gasteiger partial charge on any atom is 0.0253 e. The molecule has 0 radical (unpaired) electrons. The van der Waals surface area contributed by atoms with Crippen LogP contribution in [-0.4, -0.2) is 19.1 Å². The predicted molar refractivity (Wildman–Crippen MR) is 151 cm³/mol. The fourth-order valence-electron chi connectivity index (χ4n) is 5.92. The van der Waals surface area contributed by atoms with Crippen molar-refractivity contribution in [3.8, 4) is 0 Å². The lowest BCUT2D eigenvalue weighted by Crippen LogP contribution is -2.31. The monoisotopic (exact) mass is 466 g/mol. The molecule has 0 amide bonds. The molecule has 3 N–H and O–H groups in total. The Hall–Kier alpha value is -2.68. The number of benzene rings is 1. The number of nitrogens with two attached hydrogens (primary N) is 1. The quantitative estimate of drug-likeness (QED) is 0.280. The van der Waals surface area contributed by atoms with Crippen molar-refractivity contribution in [2.45, 2.75) is 57.4 Å². The average Bonchev–Trinajstić information content (AvgIpc) is 2.92. The van der Waals surface area contributed by atoms with Crippen molar-refractivity contribution in [1.29, 1.82) is 0 Å². The highest BCUT2D eigenvalue weighted by Crippen LogP contribution is 2.46. The number of allylic oxidation sites excluding steroid dienone is 10. The number of rotatable bonds is 10. The van der Waals surface area contributed by atoms with Gasteiger partial charge in [-0.3, -0.25) is 0 Å². The van der Waals surface area contributed by atoms with Crippen LogP contribution in [0.15, 0.2) is 114 Å². The van der Waals surface area contributed by atoms with Crippen molar-refractivity contribution in [2.75, 3.05) is 13.1 Å². The molecule has 0 bridgehead atoms. The van der Waals surface area contributed by atoms with E-state index in [9.17, 15) is 0 Å². The van der Waals surface area contributed by atoms with Crippen LogP contribution in [0.4, 0.5) is 0 Å². The summed E-state index contributed by atoms with van der Waals surface area (Å²) in [6.45, 7) is 7.71. The number of nitrogens with one attached hydrogen (secondary N) is 1. The fourth-order valence-corrected chi connectivity index (χ4v) is 5.92. The molecule has 0 spiro atoms. The van der Waals surface area contributed by atoms with E-state index in [1.165, 1.54) is 48.8 Å². The Balaban J connectivity index is 1.52. The zero-order valence-electron chi connectivity index (χ0n) is 21.3. The van der Waals surface area contributed by atoms with E-state index in [4.69, 9.17) is 5.73 Å². The summed E-state index contributed by atoms with van der Waals surface area (Å²) in [6, 6.07) is 11.5. The first-order valence-electron chi connectivity index (χ1n) is 13.4. The van der Waals surface area contributed by atoms with Crippen LogP contribution in [0.2, 0.25) is 0 Å². The van der Waals surface area contributed by atoms with Gasteiger partial charge in [0.1, 0.15) is 0 Å². The standard InChI is InChI=1S/C33H42N2/c1-3-12-27(23-34)28(24-35-29-15-8-5-9-16-29)20-19-25(2)30-21-22-31(26-13-6-4-7-14-26)33-18-11-10-17-32(30)33/h3-4,6-8,10-15,17-18,20,25,29,31,33,35H,1,5,9,16,19,21-24,34H2,2H3/b27-12+,28-20+. The number of fused-ring (bicyclic) bond motifs is 1. The second-order valence-corrected chi connectivity index (χ2v) is 10.2. The van der Waals surface area contributed by atoms with Gasteiger partial charge in [0.2, 0.25) is 0 Å². The summed E-state index contributed by atoms with van der Waals surface area (Å²) >= 11 is 0. The highest BCUT2D eigenvalue weighted by molar-refractivity contribution is 5.44. The molecule has 2 nitrogen and oxygen atoms in total. The number of hydrogen-bond donors (Lipinski definition) is 2. The minimum atomic E-state index is 0.463. The van der Waals surface area contributed by atoms with Gasteiger partial charge in [-0.05, 0) is 72.6 Å². The Bertz CT molecular complexity index is 1030. The Labute approximate surface area is 212 Å². The summed E-state index contributed by atoms with van der Waals surface area (Å²) in [5.41, 5.74) is 13.3. The van der Waals surface area contributed by atoms with Gasteiger partial charge in [0.05, 0.1) is 0 Å². The SMILES string of the molecule is C=C/C=C(CN)/C(=C/CC(C)C1=C2C=CC=CC2C(c2ccccc2)CC1)CNC1C=CCCC1. The third kappa shape index (κ3) is 6.51. The molecule has 4 atom stereocenters. The first-order chi connectivity index (χ1) is 17.2. The summed E-state index contributed by atoms with van der Waals surface area (Å²) < 4.78 is 0. The lowest BCUT2D eigenvalue weighted by Gasteiger charge is -2.36. The van der Waals surface area contributed by atoms with Gasteiger partial charge in [-0.25, -0.2) is 0 Å². The van der Waals surface area contributed by atoms with Crippen molar-refractivity contribution in [3.05, 3.63) is 119 Å². The smallest absolute Gasteiger partial charge is 0.0253 e. The zero-order chi connectivity index (χ0) is 24.5. The van der Waals surface area contributed by atoms with E-state index < -0.39 is 0 Å². The van der Waals surface area contributed by atoms with Crippen LogP contribution in [0.5, 0.6) is 0 Å². The van der Waals surface area contributed by atoms with Gasteiger partial charge in [-0.15, -0.1) is 0 Å². The maximum absolute atomic E-state index is 6.15. The summed E-state index contributed by atoms with van der Waals surface area (Å²) in [6.07, 6.45) is 27.3. The van der Waals surface area contributed by atoms with Gasteiger partial charge in [-0.2, -0.15) is 0 Å². The van der Waals surface area contributed by atoms with E-state index in [0.717, 1.165) is 13.0 Å². The molecular weight excluding hydrogens is 424 g/mol. The molecule has 184 valence electrons. The van der Waals surface area contributed by atoms with E-state index in [2.05, 4.69) is 97.8 Å². The molecule has 0 aliphatic heterocycles. The molecule has 1 aromatic rings. The van der Waals surface area contributed by atoms with Crippen LogP contribution >= 0.6 is 0 Å². The second kappa shape index (κ2) is 12.9. The van der Waals surface area contributed by atoms with Crippen molar-refractivity contribution in [1.82, 2.24) is 5.32 Å². The van der Waals surface area contributed by atoms with Gasteiger partial charge < -0.3 is 11.1 Å². The van der Waals surface area contributed by atoms with E-state index in [1.807, 2.05) is 6.08 Å². The second-order valence-electron chi connectivity index (χ2n) is 10.2. The molecule has 4 unspecified atom stereocenters. The molecule has 0 fully saturated rings. The topological polar surface area (TPSA) is 38.0 Å². The molecule has 1 aromatic carbocycles.